The van der Waals surface area contributed by atoms with Crippen LogP contribution in [0.4, 0.5) is 5.69 Å². The number of aryl methyl sites for hydroxylation is 1. The Morgan fingerprint density at radius 1 is 1.40 bits per heavy atom. The van der Waals surface area contributed by atoms with Crippen LogP contribution in [0.15, 0.2) is 16.9 Å². The van der Waals surface area contributed by atoms with Crippen LogP contribution in [-0.2, 0) is 4.74 Å². The first-order valence-electron chi connectivity index (χ1n) is 6.74. The van der Waals surface area contributed by atoms with Gasteiger partial charge in [0.05, 0.1) is 35.8 Å². The van der Waals surface area contributed by atoms with E-state index in [2.05, 4.69) is 14.9 Å². The SMILES string of the molecule is Cc1nc2cc3c(cc2c(=O)[nH]1)N1CCOCC1CO3. The molecule has 1 aromatic heterocycles. The van der Waals surface area contributed by atoms with Crippen LogP contribution in [0.1, 0.15) is 5.82 Å². The predicted molar refractivity (Wildman–Crippen MR) is 74.5 cm³/mol. The first kappa shape index (κ1) is 11.7. The summed E-state index contributed by atoms with van der Waals surface area (Å²) in [6, 6.07) is 3.97. The van der Waals surface area contributed by atoms with Crippen molar-refractivity contribution in [2.45, 2.75) is 13.0 Å². The van der Waals surface area contributed by atoms with Crippen molar-refractivity contribution in [3.63, 3.8) is 0 Å². The molecule has 1 aromatic carbocycles. The number of H-pyrrole nitrogens is 1. The summed E-state index contributed by atoms with van der Waals surface area (Å²) >= 11 is 0. The van der Waals surface area contributed by atoms with Crippen molar-refractivity contribution in [3.05, 3.63) is 28.3 Å². The molecule has 3 heterocycles. The summed E-state index contributed by atoms with van der Waals surface area (Å²) in [5.74, 6) is 1.41. The second kappa shape index (κ2) is 4.21. The summed E-state index contributed by atoms with van der Waals surface area (Å²) in [4.78, 5) is 21.4. The average molecular weight is 273 g/mol. The minimum atomic E-state index is -0.106. The smallest absolute Gasteiger partial charge is 0.258 e. The molecule has 0 radical (unpaired) electrons. The molecule has 0 saturated carbocycles. The standard InChI is InChI=1S/C14H15N3O3/c1-8-15-11-5-13-12(4-10(11)14(18)16-8)17-2-3-19-6-9(17)7-20-13/h4-5,9H,2-3,6-7H2,1H3,(H,15,16,18). The Morgan fingerprint density at radius 3 is 3.20 bits per heavy atom. The average Bonchev–Trinajstić information content (AvgIpc) is 2.45. The summed E-state index contributed by atoms with van der Waals surface area (Å²) in [6.45, 7) is 4.58. The highest BCUT2D eigenvalue weighted by Gasteiger charge is 2.30. The third-order valence-corrected chi connectivity index (χ3v) is 3.87. The topological polar surface area (TPSA) is 67.5 Å². The van der Waals surface area contributed by atoms with E-state index in [1.54, 1.807) is 6.92 Å². The van der Waals surface area contributed by atoms with Crippen LogP contribution in [0.25, 0.3) is 10.9 Å². The summed E-state index contributed by atoms with van der Waals surface area (Å²) in [6.07, 6.45) is 0. The van der Waals surface area contributed by atoms with Crippen molar-refractivity contribution in [2.24, 2.45) is 0 Å². The minimum absolute atomic E-state index is 0.106. The van der Waals surface area contributed by atoms with Gasteiger partial charge in [-0.25, -0.2) is 4.98 Å². The van der Waals surface area contributed by atoms with E-state index < -0.39 is 0 Å². The van der Waals surface area contributed by atoms with Crippen LogP contribution in [0.3, 0.4) is 0 Å². The zero-order valence-electron chi connectivity index (χ0n) is 11.2. The van der Waals surface area contributed by atoms with Crippen LogP contribution < -0.4 is 15.2 Å². The summed E-state index contributed by atoms with van der Waals surface area (Å²) in [7, 11) is 0. The summed E-state index contributed by atoms with van der Waals surface area (Å²) in [5.41, 5.74) is 1.54. The molecule has 2 aliphatic rings. The van der Waals surface area contributed by atoms with Crippen LogP contribution in [0.2, 0.25) is 0 Å². The lowest BCUT2D eigenvalue weighted by Gasteiger charge is -2.41. The molecule has 0 amide bonds. The van der Waals surface area contributed by atoms with Gasteiger partial charge in [0.1, 0.15) is 18.2 Å². The van der Waals surface area contributed by atoms with Gasteiger partial charge in [-0.1, -0.05) is 0 Å². The van der Waals surface area contributed by atoms with Gasteiger partial charge in [-0.05, 0) is 13.0 Å². The molecular formula is C14H15N3O3. The first-order chi connectivity index (χ1) is 9.72. The number of fused-ring (bicyclic) bond motifs is 4. The second-order valence-corrected chi connectivity index (χ2v) is 5.22. The molecule has 0 spiro atoms. The van der Waals surface area contributed by atoms with E-state index in [0.29, 0.717) is 36.5 Å². The molecule has 1 atom stereocenters. The van der Waals surface area contributed by atoms with Gasteiger partial charge in [0.15, 0.2) is 0 Å². The highest BCUT2D eigenvalue weighted by atomic mass is 16.5. The lowest BCUT2D eigenvalue weighted by Crippen LogP contribution is -2.51. The van der Waals surface area contributed by atoms with E-state index in [9.17, 15) is 4.79 Å². The molecular weight excluding hydrogens is 258 g/mol. The zero-order chi connectivity index (χ0) is 13.7. The molecule has 104 valence electrons. The quantitative estimate of drug-likeness (QED) is 0.770. The number of anilines is 1. The Morgan fingerprint density at radius 2 is 2.30 bits per heavy atom. The number of nitrogens with zero attached hydrogens (tertiary/aromatic N) is 2. The largest absolute Gasteiger partial charge is 0.489 e. The van der Waals surface area contributed by atoms with Crippen LogP contribution in [-0.4, -0.2) is 42.4 Å². The van der Waals surface area contributed by atoms with E-state index >= 15 is 0 Å². The van der Waals surface area contributed by atoms with Gasteiger partial charge in [0.25, 0.3) is 5.56 Å². The molecule has 2 aliphatic heterocycles. The molecule has 6 nitrogen and oxygen atoms in total. The van der Waals surface area contributed by atoms with Crippen LogP contribution in [0.5, 0.6) is 5.75 Å². The van der Waals surface area contributed by atoms with Crippen LogP contribution >= 0.6 is 0 Å². The Hall–Kier alpha value is -2.08. The number of nitrogens with one attached hydrogen (secondary N) is 1. The van der Waals surface area contributed by atoms with Gasteiger partial charge in [-0.2, -0.15) is 0 Å². The highest BCUT2D eigenvalue weighted by molar-refractivity contribution is 5.86. The number of hydrogen-bond donors (Lipinski definition) is 1. The predicted octanol–water partition coefficient (Wildman–Crippen LogP) is 0.829. The van der Waals surface area contributed by atoms with E-state index in [1.165, 1.54) is 0 Å². The van der Waals surface area contributed by atoms with Gasteiger partial charge in [-0.3, -0.25) is 4.79 Å². The summed E-state index contributed by atoms with van der Waals surface area (Å²) < 4.78 is 11.3. The number of aromatic nitrogens is 2. The highest BCUT2D eigenvalue weighted by Crippen LogP contribution is 2.37. The molecule has 20 heavy (non-hydrogen) atoms. The minimum Gasteiger partial charge on any atom is -0.489 e. The maximum atomic E-state index is 12.1. The zero-order valence-corrected chi connectivity index (χ0v) is 11.2. The van der Waals surface area contributed by atoms with Gasteiger partial charge in [0, 0.05) is 12.6 Å². The monoisotopic (exact) mass is 273 g/mol. The third kappa shape index (κ3) is 1.68. The lowest BCUT2D eigenvalue weighted by atomic mass is 10.1. The number of benzene rings is 1. The number of rotatable bonds is 0. The summed E-state index contributed by atoms with van der Waals surface area (Å²) in [5, 5.41) is 0.602. The Balaban J connectivity index is 1.93. The molecule has 6 heteroatoms. The number of aromatic amines is 1. The van der Waals surface area contributed by atoms with Gasteiger partial charge < -0.3 is 19.4 Å². The van der Waals surface area contributed by atoms with E-state index in [0.717, 1.165) is 18.0 Å². The van der Waals surface area contributed by atoms with Gasteiger partial charge in [-0.15, -0.1) is 0 Å². The van der Waals surface area contributed by atoms with Crippen LogP contribution in [0, 0.1) is 6.92 Å². The maximum Gasteiger partial charge on any atom is 0.258 e. The molecule has 0 bridgehead atoms. The third-order valence-electron chi connectivity index (χ3n) is 3.87. The van der Waals surface area contributed by atoms with E-state index in [1.807, 2.05) is 12.1 Å². The van der Waals surface area contributed by atoms with Gasteiger partial charge >= 0.3 is 0 Å². The normalized spacial score (nSPS) is 21.2. The molecule has 1 saturated heterocycles. The maximum absolute atomic E-state index is 12.1. The molecule has 1 N–H and O–H groups in total. The number of hydrogen-bond acceptors (Lipinski definition) is 5. The van der Waals surface area contributed by atoms with Crippen molar-refractivity contribution >= 4 is 16.6 Å². The lowest BCUT2D eigenvalue weighted by molar-refractivity contribution is 0.0706. The fourth-order valence-electron chi connectivity index (χ4n) is 2.91. The Kier molecular flexibility index (Phi) is 2.47. The number of morpholine rings is 1. The van der Waals surface area contributed by atoms with Crippen molar-refractivity contribution < 1.29 is 9.47 Å². The van der Waals surface area contributed by atoms with Crippen molar-refractivity contribution in [2.75, 3.05) is 31.3 Å². The fraction of sp³-hybridized carbons (Fsp3) is 0.429. The number of ether oxygens (including phenoxy) is 2. The Labute approximate surface area is 115 Å². The van der Waals surface area contributed by atoms with Crippen molar-refractivity contribution in [1.29, 1.82) is 0 Å². The first-order valence-corrected chi connectivity index (χ1v) is 6.74. The van der Waals surface area contributed by atoms with E-state index in [4.69, 9.17) is 9.47 Å². The Bertz CT molecular complexity index is 740. The van der Waals surface area contributed by atoms with Gasteiger partial charge in [0.2, 0.25) is 0 Å². The molecule has 2 aromatic rings. The van der Waals surface area contributed by atoms with E-state index in [-0.39, 0.29) is 11.6 Å². The van der Waals surface area contributed by atoms with Crippen molar-refractivity contribution in [3.8, 4) is 5.75 Å². The molecule has 1 fully saturated rings. The molecule has 0 aliphatic carbocycles. The van der Waals surface area contributed by atoms with Crippen molar-refractivity contribution in [1.82, 2.24) is 9.97 Å². The molecule has 4 rings (SSSR count). The second-order valence-electron chi connectivity index (χ2n) is 5.22. The molecule has 1 unspecified atom stereocenters. The fourth-order valence-corrected chi connectivity index (χ4v) is 2.91.